The van der Waals surface area contributed by atoms with Crippen LogP contribution in [0.15, 0.2) is 24.3 Å². The lowest BCUT2D eigenvalue weighted by Gasteiger charge is -2.10. The predicted molar refractivity (Wildman–Crippen MR) is 70.4 cm³/mol. The molecule has 0 aliphatic heterocycles. The first-order valence-electron chi connectivity index (χ1n) is 6.17. The molecule has 17 heavy (non-hydrogen) atoms. The van der Waals surface area contributed by atoms with Gasteiger partial charge in [0, 0.05) is 20.3 Å². The van der Waals surface area contributed by atoms with Crippen molar-refractivity contribution in [2.24, 2.45) is 0 Å². The third kappa shape index (κ3) is 6.29. The average molecular weight is 237 g/mol. The third-order valence-corrected chi connectivity index (χ3v) is 2.33. The van der Waals surface area contributed by atoms with Crippen molar-refractivity contribution in [2.75, 3.05) is 20.3 Å². The van der Waals surface area contributed by atoms with Gasteiger partial charge in [0.2, 0.25) is 0 Å². The molecule has 3 heteroatoms. The highest BCUT2D eigenvalue weighted by molar-refractivity contribution is 5.27. The van der Waals surface area contributed by atoms with Gasteiger partial charge < -0.3 is 14.8 Å². The third-order valence-electron chi connectivity index (χ3n) is 2.33. The molecule has 0 fully saturated rings. The molecule has 1 rings (SSSR count). The molecular weight excluding hydrogens is 214 g/mol. The lowest BCUT2D eigenvalue weighted by molar-refractivity contribution is 0.194. The fraction of sp³-hybridized carbons (Fsp3) is 0.571. The lowest BCUT2D eigenvalue weighted by atomic mass is 10.2. The van der Waals surface area contributed by atoms with Gasteiger partial charge in [0.15, 0.2) is 0 Å². The molecule has 0 aromatic heterocycles. The van der Waals surface area contributed by atoms with Gasteiger partial charge >= 0.3 is 0 Å². The van der Waals surface area contributed by atoms with Crippen molar-refractivity contribution in [3.63, 3.8) is 0 Å². The molecule has 0 saturated heterocycles. The SMILES string of the molecule is COCCCNCc1ccc(OC(C)C)cc1. The number of hydrogen-bond donors (Lipinski definition) is 1. The first kappa shape index (κ1) is 14.0. The van der Waals surface area contributed by atoms with Gasteiger partial charge in [-0.05, 0) is 44.5 Å². The Kier molecular flexibility index (Phi) is 6.67. The maximum atomic E-state index is 5.59. The quantitative estimate of drug-likeness (QED) is 0.705. The Bertz CT molecular complexity index is 296. The van der Waals surface area contributed by atoms with Crippen molar-refractivity contribution in [2.45, 2.75) is 32.9 Å². The summed E-state index contributed by atoms with van der Waals surface area (Å²) >= 11 is 0. The van der Waals surface area contributed by atoms with E-state index in [2.05, 4.69) is 17.4 Å². The summed E-state index contributed by atoms with van der Waals surface area (Å²) in [7, 11) is 1.73. The summed E-state index contributed by atoms with van der Waals surface area (Å²) in [5.74, 6) is 0.933. The van der Waals surface area contributed by atoms with Crippen molar-refractivity contribution in [3.8, 4) is 5.75 Å². The molecule has 0 aliphatic carbocycles. The second-order valence-electron chi connectivity index (χ2n) is 4.33. The van der Waals surface area contributed by atoms with Gasteiger partial charge in [-0.25, -0.2) is 0 Å². The molecule has 0 amide bonds. The minimum atomic E-state index is 0.230. The number of hydrogen-bond acceptors (Lipinski definition) is 3. The minimum absolute atomic E-state index is 0.230. The van der Waals surface area contributed by atoms with Crippen LogP contribution < -0.4 is 10.1 Å². The molecular formula is C14H23NO2. The second-order valence-corrected chi connectivity index (χ2v) is 4.33. The van der Waals surface area contributed by atoms with Crippen LogP contribution >= 0.6 is 0 Å². The van der Waals surface area contributed by atoms with E-state index in [0.717, 1.165) is 31.9 Å². The number of methoxy groups -OCH3 is 1. The highest BCUT2D eigenvalue weighted by Crippen LogP contribution is 2.13. The van der Waals surface area contributed by atoms with Gasteiger partial charge in [0.05, 0.1) is 6.10 Å². The summed E-state index contributed by atoms with van der Waals surface area (Å²) in [5.41, 5.74) is 1.28. The van der Waals surface area contributed by atoms with E-state index in [4.69, 9.17) is 9.47 Å². The molecule has 3 nitrogen and oxygen atoms in total. The Morgan fingerprint density at radius 2 is 1.88 bits per heavy atom. The Morgan fingerprint density at radius 1 is 1.18 bits per heavy atom. The van der Waals surface area contributed by atoms with Crippen molar-refractivity contribution in [1.82, 2.24) is 5.32 Å². The summed E-state index contributed by atoms with van der Waals surface area (Å²) in [4.78, 5) is 0. The van der Waals surface area contributed by atoms with E-state index in [1.165, 1.54) is 5.56 Å². The number of ether oxygens (including phenoxy) is 2. The summed E-state index contributed by atoms with van der Waals surface area (Å²) < 4.78 is 10.6. The van der Waals surface area contributed by atoms with Crippen LogP contribution in [0.4, 0.5) is 0 Å². The molecule has 0 spiro atoms. The first-order chi connectivity index (χ1) is 8.22. The Hall–Kier alpha value is -1.06. The van der Waals surface area contributed by atoms with Crippen LogP contribution in [0.1, 0.15) is 25.8 Å². The van der Waals surface area contributed by atoms with Crippen LogP contribution in [-0.2, 0) is 11.3 Å². The monoisotopic (exact) mass is 237 g/mol. The van der Waals surface area contributed by atoms with E-state index in [-0.39, 0.29) is 6.10 Å². The summed E-state index contributed by atoms with van der Waals surface area (Å²) in [6.07, 6.45) is 1.28. The highest BCUT2D eigenvalue weighted by Gasteiger charge is 1.97. The zero-order valence-corrected chi connectivity index (χ0v) is 11.0. The van der Waals surface area contributed by atoms with Gasteiger partial charge in [-0.3, -0.25) is 0 Å². The Labute approximate surface area is 104 Å². The molecule has 1 aromatic carbocycles. The van der Waals surface area contributed by atoms with Crippen LogP contribution in [0.25, 0.3) is 0 Å². The van der Waals surface area contributed by atoms with Gasteiger partial charge in [-0.2, -0.15) is 0 Å². The molecule has 0 bridgehead atoms. The lowest BCUT2D eigenvalue weighted by Crippen LogP contribution is -2.16. The zero-order chi connectivity index (χ0) is 12.5. The second kappa shape index (κ2) is 8.09. The molecule has 1 N–H and O–H groups in total. The number of benzene rings is 1. The predicted octanol–water partition coefficient (Wildman–Crippen LogP) is 2.60. The van der Waals surface area contributed by atoms with Gasteiger partial charge in [0.1, 0.15) is 5.75 Å². The maximum Gasteiger partial charge on any atom is 0.119 e. The van der Waals surface area contributed by atoms with Crippen LogP contribution in [0.5, 0.6) is 5.75 Å². The van der Waals surface area contributed by atoms with Crippen LogP contribution in [0.2, 0.25) is 0 Å². The molecule has 0 unspecified atom stereocenters. The smallest absolute Gasteiger partial charge is 0.119 e. The molecule has 0 saturated carbocycles. The van der Waals surface area contributed by atoms with Gasteiger partial charge in [0.25, 0.3) is 0 Å². The molecule has 1 aromatic rings. The largest absolute Gasteiger partial charge is 0.491 e. The molecule has 0 atom stereocenters. The molecule has 0 aliphatic rings. The van der Waals surface area contributed by atoms with Crippen molar-refractivity contribution < 1.29 is 9.47 Å². The van der Waals surface area contributed by atoms with E-state index in [9.17, 15) is 0 Å². The fourth-order valence-electron chi connectivity index (χ4n) is 1.53. The van der Waals surface area contributed by atoms with Gasteiger partial charge in [-0.15, -0.1) is 0 Å². The normalized spacial score (nSPS) is 10.8. The van der Waals surface area contributed by atoms with E-state index in [0.29, 0.717) is 0 Å². The standard InChI is InChI=1S/C14H23NO2/c1-12(2)17-14-7-5-13(6-8-14)11-15-9-4-10-16-3/h5-8,12,15H,4,9-11H2,1-3H3. The van der Waals surface area contributed by atoms with Crippen molar-refractivity contribution >= 4 is 0 Å². The van der Waals surface area contributed by atoms with Crippen LogP contribution in [0.3, 0.4) is 0 Å². The highest BCUT2D eigenvalue weighted by atomic mass is 16.5. The summed E-state index contributed by atoms with van der Waals surface area (Å²) in [6.45, 7) is 6.76. The van der Waals surface area contributed by atoms with E-state index >= 15 is 0 Å². The van der Waals surface area contributed by atoms with E-state index in [1.807, 2.05) is 26.0 Å². The Balaban J connectivity index is 2.25. The van der Waals surface area contributed by atoms with Gasteiger partial charge in [-0.1, -0.05) is 12.1 Å². The van der Waals surface area contributed by atoms with Crippen LogP contribution in [-0.4, -0.2) is 26.4 Å². The molecule has 0 radical (unpaired) electrons. The molecule has 96 valence electrons. The first-order valence-corrected chi connectivity index (χ1v) is 6.17. The summed E-state index contributed by atoms with van der Waals surface area (Å²) in [5, 5.41) is 3.38. The fourth-order valence-corrected chi connectivity index (χ4v) is 1.53. The topological polar surface area (TPSA) is 30.5 Å². The van der Waals surface area contributed by atoms with Crippen molar-refractivity contribution in [3.05, 3.63) is 29.8 Å². The zero-order valence-electron chi connectivity index (χ0n) is 11.0. The summed E-state index contributed by atoms with van der Waals surface area (Å²) in [6, 6.07) is 8.24. The number of rotatable bonds is 8. The number of nitrogens with one attached hydrogen (secondary N) is 1. The van der Waals surface area contributed by atoms with Crippen LogP contribution in [0, 0.1) is 0 Å². The van der Waals surface area contributed by atoms with E-state index < -0.39 is 0 Å². The average Bonchev–Trinajstić information content (AvgIpc) is 2.30. The van der Waals surface area contributed by atoms with E-state index in [1.54, 1.807) is 7.11 Å². The Morgan fingerprint density at radius 3 is 2.47 bits per heavy atom. The molecule has 0 heterocycles. The minimum Gasteiger partial charge on any atom is -0.491 e. The van der Waals surface area contributed by atoms with Crippen molar-refractivity contribution in [1.29, 1.82) is 0 Å². The maximum absolute atomic E-state index is 5.59.